The molecule has 96 valence electrons. The maximum atomic E-state index is 12.1. The first-order valence-corrected chi connectivity index (χ1v) is 6.04. The molecule has 0 aliphatic carbocycles. The van der Waals surface area contributed by atoms with Gasteiger partial charge < -0.3 is 4.18 Å². The van der Waals surface area contributed by atoms with Crippen molar-refractivity contribution in [1.82, 2.24) is 0 Å². The average Bonchev–Trinajstić information content (AvgIpc) is 2.11. The quantitative estimate of drug-likeness (QED) is 0.612. The van der Waals surface area contributed by atoms with Crippen LogP contribution in [0.4, 0.5) is 13.2 Å². The van der Waals surface area contributed by atoms with Crippen molar-refractivity contribution >= 4 is 10.1 Å². The van der Waals surface area contributed by atoms with Crippen LogP contribution in [-0.2, 0) is 10.1 Å². The van der Waals surface area contributed by atoms with E-state index in [0.29, 0.717) is 16.7 Å². The summed E-state index contributed by atoms with van der Waals surface area (Å²) in [5.74, 6) is -0.292. The first-order chi connectivity index (χ1) is 7.54. The van der Waals surface area contributed by atoms with E-state index in [-0.39, 0.29) is 5.75 Å². The third kappa shape index (κ3) is 2.91. The molecule has 0 amide bonds. The van der Waals surface area contributed by atoms with Crippen LogP contribution in [0.5, 0.6) is 5.75 Å². The molecule has 7 heteroatoms. The van der Waals surface area contributed by atoms with Gasteiger partial charge in [0.1, 0.15) is 5.75 Å². The molecule has 1 rings (SSSR count). The predicted molar refractivity (Wildman–Crippen MR) is 56.3 cm³/mol. The number of rotatable bonds is 2. The Kier molecular flexibility index (Phi) is 3.42. The second-order valence-corrected chi connectivity index (χ2v) is 5.23. The van der Waals surface area contributed by atoms with Gasteiger partial charge in [-0.2, -0.15) is 21.6 Å². The van der Waals surface area contributed by atoms with Crippen molar-refractivity contribution in [3.63, 3.8) is 0 Å². The molecule has 3 nitrogen and oxygen atoms in total. The third-order valence-electron chi connectivity index (χ3n) is 2.25. The summed E-state index contributed by atoms with van der Waals surface area (Å²) < 4.78 is 62.2. The average molecular weight is 268 g/mol. The Balaban J connectivity index is 3.22. The van der Waals surface area contributed by atoms with Gasteiger partial charge in [-0.15, -0.1) is 0 Å². The van der Waals surface area contributed by atoms with Crippen LogP contribution in [0.2, 0.25) is 0 Å². The number of hydrogen-bond donors (Lipinski definition) is 0. The summed E-state index contributed by atoms with van der Waals surface area (Å²) in [5.41, 5.74) is -3.77. The van der Waals surface area contributed by atoms with E-state index in [1.165, 1.54) is 13.0 Å². The van der Waals surface area contributed by atoms with Crippen molar-refractivity contribution < 1.29 is 25.8 Å². The molecule has 0 radical (unpaired) electrons. The number of benzene rings is 1. The predicted octanol–water partition coefficient (Wildman–Crippen LogP) is 2.84. The lowest BCUT2D eigenvalue weighted by molar-refractivity contribution is -0.0500. The zero-order valence-corrected chi connectivity index (χ0v) is 10.2. The summed E-state index contributed by atoms with van der Waals surface area (Å²) in [5, 5.41) is 0. The Labute approximate surface area is 97.3 Å². The zero-order chi connectivity index (χ0) is 13.4. The normalized spacial score (nSPS) is 12.6. The Morgan fingerprint density at radius 3 is 2.12 bits per heavy atom. The highest BCUT2D eigenvalue weighted by Gasteiger charge is 2.48. The third-order valence-corrected chi connectivity index (χ3v) is 3.21. The van der Waals surface area contributed by atoms with Gasteiger partial charge in [-0.3, -0.25) is 0 Å². The highest BCUT2D eigenvalue weighted by Crippen LogP contribution is 2.30. The summed E-state index contributed by atoms with van der Waals surface area (Å²) in [7, 11) is -5.61. The second-order valence-electron chi connectivity index (χ2n) is 3.69. The van der Waals surface area contributed by atoms with Gasteiger partial charge in [-0.1, -0.05) is 6.07 Å². The largest absolute Gasteiger partial charge is 0.534 e. The smallest absolute Gasteiger partial charge is 0.376 e. The summed E-state index contributed by atoms with van der Waals surface area (Å²) in [4.78, 5) is 0. The lowest BCUT2D eigenvalue weighted by atomic mass is 10.1. The van der Waals surface area contributed by atoms with Crippen molar-refractivity contribution in [3.8, 4) is 5.75 Å². The Morgan fingerprint density at radius 2 is 1.65 bits per heavy atom. The molecule has 1 aromatic rings. The topological polar surface area (TPSA) is 43.4 Å². The number of halogens is 3. The molecular weight excluding hydrogens is 257 g/mol. The number of alkyl halides is 3. The van der Waals surface area contributed by atoms with E-state index >= 15 is 0 Å². The maximum Gasteiger partial charge on any atom is 0.534 e. The van der Waals surface area contributed by atoms with Gasteiger partial charge in [0.15, 0.2) is 0 Å². The molecule has 0 spiro atoms. The molecule has 0 saturated carbocycles. The van der Waals surface area contributed by atoms with Gasteiger partial charge in [-0.25, -0.2) is 0 Å². The highest BCUT2D eigenvalue weighted by molar-refractivity contribution is 7.88. The van der Waals surface area contributed by atoms with Crippen molar-refractivity contribution in [3.05, 3.63) is 28.8 Å². The lowest BCUT2D eigenvalue weighted by Gasteiger charge is -2.13. The van der Waals surface area contributed by atoms with E-state index < -0.39 is 15.6 Å². The van der Waals surface area contributed by atoms with Crippen LogP contribution >= 0.6 is 0 Å². The van der Waals surface area contributed by atoms with Gasteiger partial charge in [0, 0.05) is 0 Å². The first kappa shape index (κ1) is 13.8. The Hall–Kier alpha value is -1.24. The molecule has 0 aliphatic rings. The second kappa shape index (κ2) is 4.21. The van der Waals surface area contributed by atoms with Gasteiger partial charge in [0.2, 0.25) is 0 Å². The van der Waals surface area contributed by atoms with Crippen LogP contribution in [0, 0.1) is 20.8 Å². The minimum Gasteiger partial charge on any atom is -0.376 e. The minimum atomic E-state index is -5.61. The van der Waals surface area contributed by atoms with E-state index in [0.717, 1.165) is 0 Å². The molecule has 1 aromatic carbocycles. The van der Waals surface area contributed by atoms with Crippen molar-refractivity contribution in [2.24, 2.45) is 0 Å². The van der Waals surface area contributed by atoms with Gasteiger partial charge in [-0.05, 0) is 43.5 Å². The fraction of sp³-hybridized carbons (Fsp3) is 0.400. The number of aryl methyl sites for hydroxylation is 2. The fourth-order valence-corrected chi connectivity index (χ4v) is 1.76. The van der Waals surface area contributed by atoms with Crippen LogP contribution in [0.15, 0.2) is 12.1 Å². The minimum absolute atomic E-state index is 0.292. The fourth-order valence-electron chi connectivity index (χ4n) is 1.25. The van der Waals surface area contributed by atoms with Gasteiger partial charge >= 0.3 is 15.6 Å². The van der Waals surface area contributed by atoms with Gasteiger partial charge in [0.25, 0.3) is 0 Å². The highest BCUT2D eigenvalue weighted by atomic mass is 32.2. The molecular formula is C10H11F3O3S. The molecule has 17 heavy (non-hydrogen) atoms. The maximum absolute atomic E-state index is 12.1. The molecule has 0 bridgehead atoms. The van der Waals surface area contributed by atoms with Gasteiger partial charge in [0.05, 0.1) is 0 Å². The molecule has 0 aliphatic heterocycles. The monoisotopic (exact) mass is 268 g/mol. The lowest BCUT2D eigenvalue weighted by Crippen LogP contribution is -2.28. The van der Waals surface area contributed by atoms with E-state index in [2.05, 4.69) is 4.18 Å². The summed E-state index contributed by atoms with van der Waals surface area (Å²) in [6.45, 7) is 4.80. The molecule has 0 saturated heterocycles. The Bertz CT molecular complexity index is 532. The summed E-state index contributed by atoms with van der Waals surface area (Å²) in [6, 6.07) is 2.98. The molecule has 0 fully saturated rings. The van der Waals surface area contributed by atoms with E-state index in [1.54, 1.807) is 19.9 Å². The number of hydrogen-bond acceptors (Lipinski definition) is 3. The van der Waals surface area contributed by atoms with E-state index in [1.807, 2.05) is 0 Å². The van der Waals surface area contributed by atoms with Crippen LogP contribution in [-0.4, -0.2) is 13.9 Å². The molecule has 0 atom stereocenters. The zero-order valence-electron chi connectivity index (χ0n) is 9.42. The van der Waals surface area contributed by atoms with Crippen molar-refractivity contribution in [1.29, 1.82) is 0 Å². The molecule has 0 unspecified atom stereocenters. The Morgan fingerprint density at radius 1 is 1.12 bits per heavy atom. The molecule has 0 aromatic heterocycles. The molecule has 0 N–H and O–H groups in total. The van der Waals surface area contributed by atoms with Crippen LogP contribution in [0.3, 0.4) is 0 Å². The summed E-state index contributed by atoms with van der Waals surface area (Å²) >= 11 is 0. The van der Waals surface area contributed by atoms with Crippen LogP contribution in [0.25, 0.3) is 0 Å². The standard InChI is InChI=1S/C10H11F3O3S/c1-6-4-7(2)8(3)9(5-6)16-17(14,15)10(11,12)13/h4-5H,1-3H3. The SMILES string of the molecule is Cc1cc(C)c(C)c(OS(=O)(=O)C(F)(F)F)c1. The van der Waals surface area contributed by atoms with Crippen LogP contribution < -0.4 is 4.18 Å². The van der Waals surface area contributed by atoms with E-state index in [9.17, 15) is 21.6 Å². The van der Waals surface area contributed by atoms with Crippen LogP contribution in [0.1, 0.15) is 16.7 Å². The van der Waals surface area contributed by atoms with Crippen molar-refractivity contribution in [2.75, 3.05) is 0 Å². The first-order valence-electron chi connectivity index (χ1n) is 4.63. The van der Waals surface area contributed by atoms with Crippen molar-refractivity contribution in [2.45, 2.75) is 26.3 Å². The van der Waals surface area contributed by atoms with E-state index in [4.69, 9.17) is 0 Å². The molecule has 0 heterocycles. The summed E-state index contributed by atoms with van der Waals surface area (Å²) in [6.07, 6.45) is 0.